The van der Waals surface area contributed by atoms with Gasteiger partial charge in [-0.3, -0.25) is 4.79 Å². The number of hydrogen-bond donors (Lipinski definition) is 1. The second kappa shape index (κ2) is 8.39. The Hall–Kier alpha value is -2.94. The molecule has 0 atom stereocenters. The zero-order valence-corrected chi connectivity index (χ0v) is 16.4. The monoisotopic (exact) mass is 405 g/mol. The number of aliphatic imine (C=N–C) groups is 1. The molecule has 28 heavy (non-hydrogen) atoms. The molecule has 1 N–H and O–H groups in total. The molecule has 0 aromatic heterocycles. The largest absolute Gasteiger partial charge is 0.506 e. The van der Waals surface area contributed by atoms with E-state index in [9.17, 15) is 14.7 Å². The quantitative estimate of drug-likeness (QED) is 0.745. The van der Waals surface area contributed by atoms with Gasteiger partial charge in [0.2, 0.25) is 12.7 Å². The zero-order chi connectivity index (χ0) is 20.3. The van der Waals surface area contributed by atoms with Gasteiger partial charge in [-0.15, -0.1) is 0 Å². The van der Waals surface area contributed by atoms with Crippen molar-refractivity contribution in [2.45, 2.75) is 20.3 Å². The van der Waals surface area contributed by atoms with E-state index in [1.165, 1.54) is 7.11 Å². The van der Waals surface area contributed by atoms with Crippen LogP contribution < -0.4 is 14.2 Å². The van der Waals surface area contributed by atoms with Crippen molar-refractivity contribution < 1.29 is 33.6 Å². The van der Waals surface area contributed by atoms with Crippen LogP contribution in [0.1, 0.15) is 25.8 Å². The fourth-order valence-corrected chi connectivity index (χ4v) is 3.58. The summed E-state index contributed by atoms with van der Waals surface area (Å²) in [5.41, 5.74) is 0.478. The smallest absolute Gasteiger partial charge is 0.344 e. The third-order valence-corrected chi connectivity index (χ3v) is 4.93. The van der Waals surface area contributed by atoms with Crippen LogP contribution in [-0.4, -0.2) is 42.5 Å². The summed E-state index contributed by atoms with van der Waals surface area (Å²) in [5, 5.41) is 10.7. The standard InChI is InChI=1S/C19H19NO7S/c1-4-15(21)20-18-16(19(23)25-5-2)17(22)14(28-18)7-10-6-12-13(27-9-26-12)8-11(10)24-3/h6-8,22H,4-5,9H2,1-3H3/b14-7-,20-18?. The second-order valence-corrected chi connectivity index (χ2v) is 6.70. The third-order valence-electron chi connectivity index (χ3n) is 3.91. The summed E-state index contributed by atoms with van der Waals surface area (Å²) in [4.78, 5) is 28.3. The van der Waals surface area contributed by atoms with Gasteiger partial charge < -0.3 is 24.1 Å². The number of rotatable bonds is 5. The van der Waals surface area contributed by atoms with E-state index in [0.29, 0.717) is 27.7 Å². The molecule has 1 aromatic carbocycles. The van der Waals surface area contributed by atoms with Crippen LogP contribution in [0.15, 0.2) is 33.4 Å². The van der Waals surface area contributed by atoms with E-state index in [-0.39, 0.29) is 36.2 Å². The SMILES string of the molecule is CCOC(=O)C1=C(O)/C(=C/c2cc3c(cc2OC)OCO3)SC1=NC(=O)CC. The number of aliphatic hydroxyl groups excluding tert-OH is 1. The Labute approximate surface area is 165 Å². The van der Waals surface area contributed by atoms with Crippen LogP contribution in [0, 0.1) is 0 Å². The summed E-state index contributed by atoms with van der Waals surface area (Å²) in [7, 11) is 1.51. The highest BCUT2D eigenvalue weighted by atomic mass is 32.2. The number of aliphatic hydroxyl groups is 1. The van der Waals surface area contributed by atoms with Crippen molar-refractivity contribution in [3.8, 4) is 17.2 Å². The van der Waals surface area contributed by atoms with Crippen LogP contribution in [0.25, 0.3) is 6.08 Å². The Morgan fingerprint density at radius 3 is 2.64 bits per heavy atom. The Morgan fingerprint density at radius 1 is 1.29 bits per heavy atom. The third kappa shape index (κ3) is 3.84. The molecule has 0 unspecified atom stereocenters. The van der Waals surface area contributed by atoms with E-state index in [4.69, 9.17) is 18.9 Å². The summed E-state index contributed by atoms with van der Waals surface area (Å²) in [5.74, 6) is 0.152. The topological polar surface area (TPSA) is 104 Å². The molecule has 2 aliphatic heterocycles. The van der Waals surface area contributed by atoms with Gasteiger partial charge in [-0.1, -0.05) is 18.7 Å². The fraction of sp³-hybridized carbons (Fsp3) is 0.316. The maximum atomic E-state index is 12.3. The van der Waals surface area contributed by atoms with Crippen molar-refractivity contribution in [1.29, 1.82) is 0 Å². The molecule has 3 rings (SSSR count). The molecule has 0 saturated heterocycles. The lowest BCUT2D eigenvalue weighted by molar-refractivity contribution is -0.138. The molecule has 1 aromatic rings. The number of carbonyl (C=O) groups is 2. The lowest BCUT2D eigenvalue weighted by Gasteiger charge is -2.07. The molecule has 1 amide bonds. The summed E-state index contributed by atoms with van der Waals surface area (Å²) in [6.45, 7) is 3.55. The van der Waals surface area contributed by atoms with Gasteiger partial charge in [0.05, 0.1) is 18.6 Å². The molecule has 0 fully saturated rings. The summed E-state index contributed by atoms with van der Waals surface area (Å²) in [6, 6.07) is 3.38. The first kappa shape index (κ1) is 19.8. The second-order valence-electron chi connectivity index (χ2n) is 5.67. The van der Waals surface area contributed by atoms with Crippen molar-refractivity contribution in [2.24, 2.45) is 4.99 Å². The highest BCUT2D eigenvalue weighted by Gasteiger charge is 2.34. The van der Waals surface area contributed by atoms with Crippen molar-refractivity contribution in [2.75, 3.05) is 20.5 Å². The lowest BCUT2D eigenvalue weighted by Crippen LogP contribution is -2.14. The Bertz CT molecular complexity index is 917. The average molecular weight is 405 g/mol. The molecule has 148 valence electrons. The number of benzene rings is 1. The molecule has 0 saturated carbocycles. The van der Waals surface area contributed by atoms with Crippen molar-refractivity contribution >= 4 is 34.8 Å². The number of hydrogen-bond acceptors (Lipinski definition) is 8. The maximum absolute atomic E-state index is 12.3. The molecule has 8 nitrogen and oxygen atoms in total. The minimum atomic E-state index is -0.740. The van der Waals surface area contributed by atoms with Gasteiger partial charge in [-0.25, -0.2) is 9.79 Å². The molecule has 2 aliphatic rings. The number of esters is 1. The predicted molar refractivity (Wildman–Crippen MR) is 104 cm³/mol. The van der Waals surface area contributed by atoms with Crippen LogP contribution >= 0.6 is 11.8 Å². The summed E-state index contributed by atoms with van der Waals surface area (Å²) < 4.78 is 21.1. The van der Waals surface area contributed by atoms with Crippen molar-refractivity contribution in [3.05, 3.63) is 33.9 Å². The van der Waals surface area contributed by atoms with Crippen LogP contribution in [0.2, 0.25) is 0 Å². The number of ether oxygens (including phenoxy) is 4. The molecule has 2 heterocycles. The first-order valence-electron chi connectivity index (χ1n) is 8.58. The van der Waals surface area contributed by atoms with E-state index >= 15 is 0 Å². The van der Waals surface area contributed by atoms with Gasteiger partial charge in [0.15, 0.2) is 11.5 Å². The van der Waals surface area contributed by atoms with Crippen LogP contribution in [0.4, 0.5) is 0 Å². The molecular weight excluding hydrogens is 386 g/mol. The van der Waals surface area contributed by atoms with Gasteiger partial charge in [0.25, 0.3) is 0 Å². The van der Waals surface area contributed by atoms with Crippen LogP contribution in [0.3, 0.4) is 0 Å². The van der Waals surface area contributed by atoms with E-state index in [1.54, 1.807) is 32.1 Å². The molecule has 0 bridgehead atoms. The molecule has 0 spiro atoms. The first-order chi connectivity index (χ1) is 13.5. The van der Waals surface area contributed by atoms with Gasteiger partial charge in [-0.2, -0.15) is 0 Å². The maximum Gasteiger partial charge on any atom is 0.344 e. The van der Waals surface area contributed by atoms with Crippen LogP contribution in [-0.2, 0) is 14.3 Å². The molecule has 0 radical (unpaired) electrons. The number of fused-ring (bicyclic) bond motifs is 1. The first-order valence-corrected chi connectivity index (χ1v) is 9.39. The summed E-state index contributed by atoms with van der Waals surface area (Å²) >= 11 is 1.01. The number of methoxy groups -OCH3 is 1. The van der Waals surface area contributed by atoms with E-state index in [2.05, 4.69) is 4.99 Å². The number of thioether (sulfide) groups is 1. The minimum absolute atomic E-state index is 0.105. The molecule has 0 aliphatic carbocycles. The highest BCUT2D eigenvalue weighted by molar-refractivity contribution is 8.18. The van der Waals surface area contributed by atoms with E-state index in [1.807, 2.05) is 0 Å². The van der Waals surface area contributed by atoms with Gasteiger partial charge >= 0.3 is 5.97 Å². The van der Waals surface area contributed by atoms with Crippen molar-refractivity contribution in [3.63, 3.8) is 0 Å². The van der Waals surface area contributed by atoms with Crippen molar-refractivity contribution in [1.82, 2.24) is 0 Å². The van der Waals surface area contributed by atoms with E-state index in [0.717, 1.165) is 11.8 Å². The number of amides is 1. The fourth-order valence-electron chi connectivity index (χ4n) is 2.55. The van der Waals surface area contributed by atoms with Crippen LogP contribution in [0.5, 0.6) is 17.2 Å². The molecule has 9 heteroatoms. The Morgan fingerprint density at radius 2 is 2.00 bits per heavy atom. The van der Waals surface area contributed by atoms with E-state index < -0.39 is 11.9 Å². The summed E-state index contributed by atoms with van der Waals surface area (Å²) in [6.07, 6.45) is 1.80. The molecular formula is C19H19NO7S. The zero-order valence-electron chi connectivity index (χ0n) is 15.6. The highest BCUT2D eigenvalue weighted by Crippen LogP contribution is 2.43. The lowest BCUT2D eigenvalue weighted by atomic mass is 10.1. The van der Waals surface area contributed by atoms with Gasteiger partial charge in [-0.05, 0) is 19.1 Å². The number of nitrogens with zero attached hydrogens (tertiary/aromatic N) is 1. The Kier molecular flexibility index (Phi) is 5.93. The minimum Gasteiger partial charge on any atom is -0.506 e. The Balaban J connectivity index is 2.06. The number of carbonyl (C=O) groups excluding carboxylic acids is 2. The average Bonchev–Trinajstić information content (AvgIpc) is 3.25. The predicted octanol–water partition coefficient (Wildman–Crippen LogP) is 3.22. The van der Waals surface area contributed by atoms with Gasteiger partial charge in [0, 0.05) is 18.1 Å². The normalized spacial score (nSPS) is 18.1. The van der Waals surface area contributed by atoms with Gasteiger partial charge in [0.1, 0.15) is 22.1 Å².